The second-order valence-electron chi connectivity index (χ2n) is 11.1. The summed E-state index contributed by atoms with van der Waals surface area (Å²) in [7, 11) is 0. The van der Waals surface area contributed by atoms with Crippen LogP contribution in [-0.4, -0.2) is 17.0 Å². The van der Waals surface area contributed by atoms with Gasteiger partial charge in [-0.2, -0.15) is 0 Å². The van der Waals surface area contributed by atoms with Crippen molar-refractivity contribution in [2.45, 2.75) is 0 Å². The first kappa shape index (κ1) is 27.8. The number of fused-ring (bicyclic) bond motifs is 6. The summed E-state index contributed by atoms with van der Waals surface area (Å²) in [6.07, 6.45) is 7.78. The minimum atomic E-state index is 0.703. The number of hydrogen-bond donors (Lipinski definition) is 2. The zero-order chi connectivity index (χ0) is 30.9. The van der Waals surface area contributed by atoms with E-state index in [9.17, 15) is 0 Å². The Labute approximate surface area is 262 Å². The Morgan fingerprint density at radius 2 is 1.42 bits per heavy atom. The van der Waals surface area contributed by atoms with Crippen LogP contribution < -0.4 is 0 Å². The zero-order valence-corrected chi connectivity index (χ0v) is 24.8. The molecule has 7 aromatic rings. The van der Waals surface area contributed by atoms with Crippen molar-refractivity contribution in [2.75, 3.05) is 0 Å². The third kappa shape index (κ3) is 4.81. The van der Waals surface area contributed by atoms with Crippen LogP contribution in [0.1, 0.15) is 5.56 Å². The van der Waals surface area contributed by atoms with E-state index in [0.29, 0.717) is 5.57 Å². The predicted molar refractivity (Wildman–Crippen MR) is 194 cm³/mol. The van der Waals surface area contributed by atoms with Gasteiger partial charge in [0.1, 0.15) is 0 Å². The van der Waals surface area contributed by atoms with Crippen LogP contribution in [-0.2, 0) is 0 Å². The van der Waals surface area contributed by atoms with Crippen molar-refractivity contribution < 1.29 is 0 Å². The summed E-state index contributed by atoms with van der Waals surface area (Å²) in [5.41, 5.74) is 8.94. The lowest BCUT2D eigenvalue weighted by atomic mass is 9.96. The molecule has 1 aromatic heterocycles. The van der Waals surface area contributed by atoms with Gasteiger partial charge in [-0.05, 0) is 86.0 Å². The molecule has 0 saturated heterocycles. The molecule has 214 valence electrons. The van der Waals surface area contributed by atoms with E-state index in [2.05, 4.69) is 139 Å². The fourth-order valence-corrected chi connectivity index (χ4v) is 6.38. The number of hydrogen-bond acceptors (Lipinski definition) is 2. The van der Waals surface area contributed by atoms with Crippen LogP contribution >= 0.6 is 0 Å². The molecule has 0 aliphatic rings. The minimum Gasteiger partial charge on any atom is -0.309 e. The molecule has 45 heavy (non-hydrogen) atoms. The van der Waals surface area contributed by atoms with Gasteiger partial charge < -0.3 is 15.4 Å². The van der Waals surface area contributed by atoms with E-state index in [-0.39, 0.29) is 0 Å². The van der Waals surface area contributed by atoms with Crippen molar-refractivity contribution in [2.24, 2.45) is 0 Å². The van der Waals surface area contributed by atoms with E-state index in [4.69, 9.17) is 10.8 Å². The molecule has 7 rings (SSSR count). The van der Waals surface area contributed by atoms with Gasteiger partial charge in [0, 0.05) is 34.3 Å². The van der Waals surface area contributed by atoms with Gasteiger partial charge >= 0.3 is 0 Å². The summed E-state index contributed by atoms with van der Waals surface area (Å²) in [4.78, 5) is 0. The van der Waals surface area contributed by atoms with Gasteiger partial charge in [-0.1, -0.05) is 116 Å². The second-order valence-corrected chi connectivity index (χ2v) is 11.1. The highest BCUT2D eigenvalue weighted by Crippen LogP contribution is 2.40. The van der Waals surface area contributed by atoms with Crippen LogP contribution in [0.2, 0.25) is 0 Å². The maximum Gasteiger partial charge on any atom is 0.0619 e. The number of benzene rings is 6. The van der Waals surface area contributed by atoms with Gasteiger partial charge in [-0.15, -0.1) is 0 Å². The largest absolute Gasteiger partial charge is 0.309 e. The van der Waals surface area contributed by atoms with Crippen molar-refractivity contribution >= 4 is 61.4 Å². The Balaban J connectivity index is 1.47. The van der Waals surface area contributed by atoms with Gasteiger partial charge in [-0.25, -0.2) is 0 Å². The number of allylic oxidation sites excluding steroid dienone is 6. The van der Waals surface area contributed by atoms with Crippen LogP contribution in [0, 0.1) is 10.8 Å². The second kappa shape index (κ2) is 11.6. The molecule has 0 amide bonds. The van der Waals surface area contributed by atoms with Gasteiger partial charge in [-0.3, -0.25) is 0 Å². The summed E-state index contributed by atoms with van der Waals surface area (Å²) >= 11 is 0. The fraction of sp³-hybridized carbons (Fsp3) is 0. The van der Waals surface area contributed by atoms with Crippen LogP contribution in [0.5, 0.6) is 0 Å². The zero-order valence-electron chi connectivity index (χ0n) is 24.8. The molecule has 0 fully saturated rings. The Kier molecular flexibility index (Phi) is 7.13. The van der Waals surface area contributed by atoms with Crippen molar-refractivity contribution in [3.63, 3.8) is 0 Å². The average molecular weight is 578 g/mol. The third-order valence-corrected chi connectivity index (χ3v) is 8.53. The predicted octanol–water partition coefficient (Wildman–Crippen LogP) is 11.1. The molecule has 0 aliphatic carbocycles. The standard InChI is InChI=1S/C42H31N3/c1-3-29(22-23-43)28(2)24-34(27-44)31-16-19-38-32(25-31)18-21-40-39-20-17-33(37-15-9-11-30-10-7-8-14-36(30)37)26-41(39)45(42(38)40)35-12-5-4-6-13-35/h3-27,43-44H,1-2H2/b29-22+,34-24+,43-23?,44-27?. The number of para-hydroxylation sites is 1. The summed E-state index contributed by atoms with van der Waals surface area (Å²) in [6.45, 7) is 7.99. The summed E-state index contributed by atoms with van der Waals surface area (Å²) in [5.74, 6) is 0. The normalized spacial score (nSPS) is 12.2. The Morgan fingerprint density at radius 3 is 2.22 bits per heavy atom. The first-order valence-corrected chi connectivity index (χ1v) is 14.9. The Hall–Kier alpha value is -6.06. The van der Waals surface area contributed by atoms with Crippen molar-refractivity contribution in [3.05, 3.63) is 169 Å². The third-order valence-electron chi connectivity index (χ3n) is 8.53. The molecule has 0 saturated carbocycles. The van der Waals surface area contributed by atoms with E-state index in [1.165, 1.54) is 45.1 Å². The molecule has 0 radical (unpaired) electrons. The van der Waals surface area contributed by atoms with Gasteiger partial charge in [0.2, 0.25) is 0 Å². The fourth-order valence-electron chi connectivity index (χ4n) is 6.38. The van der Waals surface area contributed by atoms with Crippen LogP contribution in [0.15, 0.2) is 164 Å². The summed E-state index contributed by atoms with van der Waals surface area (Å²) in [6, 6.07) is 43.2. The van der Waals surface area contributed by atoms with Gasteiger partial charge in [0.15, 0.2) is 0 Å². The molecular formula is C42H31N3. The summed E-state index contributed by atoms with van der Waals surface area (Å²) < 4.78 is 2.38. The number of aromatic nitrogens is 1. The molecule has 2 N–H and O–H groups in total. The highest BCUT2D eigenvalue weighted by Gasteiger charge is 2.17. The van der Waals surface area contributed by atoms with E-state index in [1.54, 1.807) is 12.2 Å². The first-order chi connectivity index (χ1) is 22.1. The molecule has 6 aromatic carbocycles. The topological polar surface area (TPSA) is 52.6 Å². The van der Waals surface area contributed by atoms with Crippen molar-refractivity contribution in [1.82, 2.24) is 4.57 Å². The van der Waals surface area contributed by atoms with Crippen LogP contribution in [0.3, 0.4) is 0 Å². The number of nitrogens with one attached hydrogen (secondary N) is 2. The minimum absolute atomic E-state index is 0.703. The lowest BCUT2D eigenvalue weighted by Crippen LogP contribution is -1.95. The van der Waals surface area contributed by atoms with Crippen molar-refractivity contribution in [1.29, 1.82) is 10.8 Å². The monoisotopic (exact) mass is 577 g/mol. The lowest BCUT2D eigenvalue weighted by molar-refractivity contribution is 1.19. The molecule has 0 aliphatic heterocycles. The number of rotatable bonds is 8. The molecule has 0 bridgehead atoms. The van der Waals surface area contributed by atoms with Gasteiger partial charge in [0.25, 0.3) is 0 Å². The SMILES string of the molecule is C=C/C(=C\C=N)C(=C)/C=C(\C=N)c1ccc2c(ccc3c4ccc(-c5cccc6ccccc56)cc4n(-c4ccccc4)c23)c1. The maximum absolute atomic E-state index is 8.16. The van der Waals surface area contributed by atoms with E-state index < -0.39 is 0 Å². The lowest BCUT2D eigenvalue weighted by Gasteiger charge is -2.12. The Bertz CT molecular complexity index is 2380. The van der Waals surface area contributed by atoms with Crippen LogP contribution in [0.4, 0.5) is 0 Å². The van der Waals surface area contributed by atoms with Crippen LogP contribution in [0.25, 0.3) is 65.7 Å². The first-order valence-electron chi connectivity index (χ1n) is 14.9. The van der Waals surface area contributed by atoms with E-state index >= 15 is 0 Å². The Morgan fingerprint density at radius 1 is 0.667 bits per heavy atom. The molecule has 0 unspecified atom stereocenters. The molecule has 0 spiro atoms. The molecule has 3 heteroatoms. The molecular weight excluding hydrogens is 546 g/mol. The average Bonchev–Trinajstić information content (AvgIpc) is 3.43. The maximum atomic E-state index is 8.16. The smallest absolute Gasteiger partial charge is 0.0619 e. The van der Waals surface area contributed by atoms with E-state index in [0.717, 1.165) is 44.2 Å². The quantitative estimate of drug-likeness (QED) is 0.133. The molecule has 0 atom stereocenters. The van der Waals surface area contributed by atoms with Crippen molar-refractivity contribution in [3.8, 4) is 16.8 Å². The summed E-state index contributed by atoms with van der Waals surface area (Å²) in [5, 5.41) is 22.7. The highest BCUT2D eigenvalue weighted by atomic mass is 15.0. The highest BCUT2D eigenvalue weighted by molar-refractivity contribution is 6.20. The van der Waals surface area contributed by atoms with E-state index in [1.807, 2.05) is 6.08 Å². The molecule has 3 nitrogen and oxygen atoms in total. The molecule has 1 heterocycles. The number of nitrogens with zero attached hydrogens (tertiary/aromatic N) is 1. The van der Waals surface area contributed by atoms with Gasteiger partial charge in [0.05, 0.1) is 11.0 Å².